The van der Waals surface area contributed by atoms with E-state index in [0.29, 0.717) is 0 Å². The zero-order valence-corrected chi connectivity index (χ0v) is 10.5. The highest BCUT2D eigenvalue weighted by Crippen LogP contribution is 2.19. The largest absolute Gasteiger partial charge is 0.378 e. The van der Waals surface area contributed by atoms with Gasteiger partial charge in [-0.3, -0.25) is 4.90 Å². The van der Waals surface area contributed by atoms with Crippen LogP contribution < -0.4 is 5.32 Å². The van der Waals surface area contributed by atoms with Gasteiger partial charge < -0.3 is 10.1 Å². The Labute approximate surface area is 94.2 Å². The van der Waals surface area contributed by atoms with Crippen LogP contribution in [0.4, 0.5) is 0 Å². The van der Waals surface area contributed by atoms with Crippen molar-refractivity contribution in [3.8, 4) is 0 Å². The molecule has 1 saturated heterocycles. The number of nitrogens with one attached hydrogen (secondary N) is 1. The summed E-state index contributed by atoms with van der Waals surface area (Å²) in [7, 11) is 0. The van der Waals surface area contributed by atoms with Crippen molar-refractivity contribution in [3.63, 3.8) is 0 Å². The number of ether oxygens (including phenoxy) is 1. The van der Waals surface area contributed by atoms with Crippen LogP contribution in [0.2, 0.25) is 0 Å². The first-order valence-electron chi connectivity index (χ1n) is 6.20. The molecule has 90 valence electrons. The van der Waals surface area contributed by atoms with Crippen molar-refractivity contribution in [1.82, 2.24) is 10.2 Å². The van der Waals surface area contributed by atoms with Crippen LogP contribution in [0.1, 0.15) is 33.6 Å². The third kappa shape index (κ3) is 4.49. The summed E-state index contributed by atoms with van der Waals surface area (Å²) < 4.78 is 5.51. The lowest BCUT2D eigenvalue weighted by atomic mass is 10.0. The highest BCUT2D eigenvalue weighted by Gasteiger charge is 2.29. The standard InChI is InChI=1S/C12H26N2O/c1-4-13-7-5-6-8-14-9-10-15-11-12(14,2)3/h13H,4-11H2,1-3H3. The fourth-order valence-corrected chi connectivity index (χ4v) is 2.03. The van der Waals surface area contributed by atoms with E-state index in [2.05, 4.69) is 31.0 Å². The molecule has 1 heterocycles. The van der Waals surface area contributed by atoms with Gasteiger partial charge in [-0.1, -0.05) is 6.92 Å². The van der Waals surface area contributed by atoms with Crippen LogP contribution in [-0.4, -0.2) is 49.8 Å². The van der Waals surface area contributed by atoms with Crippen LogP contribution in [-0.2, 0) is 4.74 Å². The molecular formula is C12H26N2O. The Morgan fingerprint density at radius 2 is 2.13 bits per heavy atom. The monoisotopic (exact) mass is 214 g/mol. The maximum Gasteiger partial charge on any atom is 0.0645 e. The van der Waals surface area contributed by atoms with Crippen molar-refractivity contribution >= 4 is 0 Å². The molecular weight excluding hydrogens is 188 g/mol. The molecule has 15 heavy (non-hydrogen) atoms. The Hall–Kier alpha value is -0.120. The first kappa shape index (κ1) is 12.9. The van der Waals surface area contributed by atoms with E-state index in [9.17, 15) is 0 Å². The molecule has 3 nitrogen and oxygen atoms in total. The first-order valence-corrected chi connectivity index (χ1v) is 6.20. The molecule has 0 atom stereocenters. The molecule has 1 N–H and O–H groups in total. The summed E-state index contributed by atoms with van der Waals surface area (Å²) in [5.41, 5.74) is 0.233. The van der Waals surface area contributed by atoms with E-state index in [1.807, 2.05) is 0 Å². The van der Waals surface area contributed by atoms with Crippen LogP contribution in [0, 0.1) is 0 Å². The van der Waals surface area contributed by atoms with Gasteiger partial charge in [0.1, 0.15) is 0 Å². The number of hydrogen-bond acceptors (Lipinski definition) is 3. The molecule has 0 spiro atoms. The third-order valence-electron chi connectivity index (χ3n) is 3.10. The smallest absolute Gasteiger partial charge is 0.0645 e. The molecule has 0 saturated carbocycles. The maximum atomic E-state index is 5.51. The quantitative estimate of drug-likeness (QED) is 0.678. The number of rotatable bonds is 6. The fraction of sp³-hybridized carbons (Fsp3) is 1.00. The van der Waals surface area contributed by atoms with Crippen LogP contribution in [0.5, 0.6) is 0 Å². The average Bonchev–Trinajstić information content (AvgIpc) is 2.19. The lowest BCUT2D eigenvalue weighted by molar-refractivity contribution is -0.0512. The third-order valence-corrected chi connectivity index (χ3v) is 3.10. The van der Waals surface area contributed by atoms with E-state index in [1.54, 1.807) is 0 Å². The molecule has 1 rings (SSSR count). The van der Waals surface area contributed by atoms with Gasteiger partial charge in [-0.2, -0.15) is 0 Å². The molecule has 0 unspecified atom stereocenters. The molecule has 0 aliphatic carbocycles. The number of unbranched alkanes of at least 4 members (excludes halogenated alkanes) is 1. The molecule has 0 radical (unpaired) electrons. The lowest BCUT2D eigenvalue weighted by Gasteiger charge is -2.42. The van der Waals surface area contributed by atoms with E-state index in [-0.39, 0.29) is 5.54 Å². The number of morpholine rings is 1. The molecule has 0 aromatic carbocycles. The molecule has 1 aliphatic rings. The van der Waals surface area contributed by atoms with Crippen LogP contribution in [0.3, 0.4) is 0 Å². The fourth-order valence-electron chi connectivity index (χ4n) is 2.03. The highest BCUT2D eigenvalue weighted by molar-refractivity contribution is 4.84. The lowest BCUT2D eigenvalue weighted by Crippen LogP contribution is -2.53. The van der Waals surface area contributed by atoms with Crippen LogP contribution in [0.15, 0.2) is 0 Å². The van der Waals surface area contributed by atoms with E-state index >= 15 is 0 Å². The average molecular weight is 214 g/mol. The summed E-state index contributed by atoms with van der Waals surface area (Å²) in [6.45, 7) is 13.0. The van der Waals surface area contributed by atoms with Gasteiger partial charge in [0, 0.05) is 12.1 Å². The second-order valence-corrected chi connectivity index (χ2v) is 4.91. The number of hydrogen-bond donors (Lipinski definition) is 1. The van der Waals surface area contributed by atoms with E-state index < -0.39 is 0 Å². The zero-order chi connectivity index (χ0) is 11.1. The molecule has 1 aliphatic heterocycles. The predicted octanol–water partition coefficient (Wildman–Crippen LogP) is 1.49. The molecule has 3 heteroatoms. The summed E-state index contributed by atoms with van der Waals surface area (Å²) in [5, 5.41) is 3.36. The van der Waals surface area contributed by atoms with Gasteiger partial charge in [0.05, 0.1) is 13.2 Å². The predicted molar refractivity (Wildman–Crippen MR) is 64.2 cm³/mol. The highest BCUT2D eigenvalue weighted by atomic mass is 16.5. The van der Waals surface area contributed by atoms with Gasteiger partial charge in [0.2, 0.25) is 0 Å². The van der Waals surface area contributed by atoms with Crippen molar-refractivity contribution in [2.24, 2.45) is 0 Å². The molecule has 0 bridgehead atoms. The summed E-state index contributed by atoms with van der Waals surface area (Å²) in [6.07, 6.45) is 2.57. The van der Waals surface area contributed by atoms with Crippen molar-refractivity contribution in [2.45, 2.75) is 39.2 Å². The summed E-state index contributed by atoms with van der Waals surface area (Å²) in [4.78, 5) is 2.56. The topological polar surface area (TPSA) is 24.5 Å². The van der Waals surface area contributed by atoms with Gasteiger partial charge in [0.25, 0.3) is 0 Å². The van der Waals surface area contributed by atoms with E-state index in [0.717, 1.165) is 32.8 Å². The van der Waals surface area contributed by atoms with Gasteiger partial charge >= 0.3 is 0 Å². The number of nitrogens with zero attached hydrogens (tertiary/aromatic N) is 1. The van der Waals surface area contributed by atoms with E-state index in [1.165, 1.54) is 19.4 Å². The maximum absolute atomic E-state index is 5.51. The van der Waals surface area contributed by atoms with Crippen LogP contribution in [0.25, 0.3) is 0 Å². The summed E-state index contributed by atoms with van der Waals surface area (Å²) >= 11 is 0. The summed E-state index contributed by atoms with van der Waals surface area (Å²) in [5.74, 6) is 0. The minimum atomic E-state index is 0.233. The van der Waals surface area contributed by atoms with Crippen molar-refractivity contribution in [1.29, 1.82) is 0 Å². The molecule has 0 aromatic heterocycles. The van der Waals surface area contributed by atoms with Gasteiger partial charge in [-0.05, 0) is 46.3 Å². The Kier molecular flexibility index (Phi) is 5.58. The zero-order valence-electron chi connectivity index (χ0n) is 10.5. The first-order chi connectivity index (χ1) is 7.17. The Morgan fingerprint density at radius 1 is 1.33 bits per heavy atom. The molecule has 0 aromatic rings. The van der Waals surface area contributed by atoms with Crippen LogP contribution >= 0.6 is 0 Å². The minimum Gasteiger partial charge on any atom is -0.378 e. The molecule has 1 fully saturated rings. The van der Waals surface area contributed by atoms with Gasteiger partial charge in [-0.25, -0.2) is 0 Å². The normalized spacial score (nSPS) is 21.8. The SMILES string of the molecule is CCNCCCCN1CCOCC1(C)C. The van der Waals surface area contributed by atoms with Crippen molar-refractivity contribution < 1.29 is 4.74 Å². The van der Waals surface area contributed by atoms with Crippen molar-refractivity contribution in [3.05, 3.63) is 0 Å². The van der Waals surface area contributed by atoms with Gasteiger partial charge in [0.15, 0.2) is 0 Å². The Bertz CT molecular complexity index is 171. The van der Waals surface area contributed by atoms with Gasteiger partial charge in [-0.15, -0.1) is 0 Å². The summed E-state index contributed by atoms with van der Waals surface area (Å²) in [6, 6.07) is 0. The Balaban J connectivity index is 2.13. The second-order valence-electron chi connectivity index (χ2n) is 4.91. The van der Waals surface area contributed by atoms with E-state index in [4.69, 9.17) is 4.74 Å². The molecule has 0 amide bonds. The Morgan fingerprint density at radius 3 is 2.80 bits per heavy atom. The minimum absolute atomic E-state index is 0.233. The van der Waals surface area contributed by atoms with Crippen molar-refractivity contribution in [2.75, 3.05) is 39.4 Å². The second kappa shape index (κ2) is 6.46.